The number of benzene rings is 2. The Hall–Kier alpha value is -2.99. The second-order valence-corrected chi connectivity index (χ2v) is 9.89. The van der Waals surface area contributed by atoms with Crippen LogP contribution in [0, 0.1) is 15.0 Å². The van der Waals surface area contributed by atoms with E-state index in [2.05, 4.69) is 0 Å². The fourth-order valence-corrected chi connectivity index (χ4v) is 4.78. The van der Waals surface area contributed by atoms with Crippen LogP contribution in [0.15, 0.2) is 40.8 Å². The van der Waals surface area contributed by atoms with Crippen molar-refractivity contribution in [3.63, 3.8) is 0 Å². The number of aromatic nitrogens is 1. The van der Waals surface area contributed by atoms with E-state index < -0.39 is 34.6 Å². The summed E-state index contributed by atoms with van der Waals surface area (Å²) >= 11 is 5.56. The number of hydrogen-bond acceptors (Lipinski definition) is 9. The van der Waals surface area contributed by atoms with Crippen molar-refractivity contribution >= 4 is 29.0 Å². The van der Waals surface area contributed by atoms with Crippen LogP contribution in [0.4, 0.5) is 5.69 Å². The number of nitro benzene ring substituents is 1. The number of aliphatic hydroxyl groups excluding tert-OH is 1. The summed E-state index contributed by atoms with van der Waals surface area (Å²) in [7, 11) is 2.87. The minimum Gasteiger partial charge on any atom is -0.488 e. The number of oxazole rings is 1. The molecule has 1 aliphatic heterocycles. The van der Waals surface area contributed by atoms with Gasteiger partial charge in [0.2, 0.25) is 0 Å². The van der Waals surface area contributed by atoms with Gasteiger partial charge in [-0.3, -0.25) is 14.7 Å². The van der Waals surface area contributed by atoms with Crippen molar-refractivity contribution in [2.45, 2.75) is 57.3 Å². The number of nitro groups is 1. The summed E-state index contributed by atoms with van der Waals surface area (Å²) in [6.07, 6.45) is -2.27. The van der Waals surface area contributed by atoms with E-state index in [9.17, 15) is 15.2 Å². The molecule has 3 atom stereocenters. The summed E-state index contributed by atoms with van der Waals surface area (Å²) in [5.74, 6) is 0.899. The molecular formula is C24H28N2O8S. The molecule has 35 heavy (non-hydrogen) atoms. The lowest BCUT2D eigenvalue weighted by Gasteiger charge is -2.46. The molecule has 3 aromatic rings. The van der Waals surface area contributed by atoms with Gasteiger partial charge in [0.1, 0.15) is 23.2 Å². The van der Waals surface area contributed by atoms with Crippen LogP contribution in [-0.2, 0) is 9.47 Å². The van der Waals surface area contributed by atoms with Gasteiger partial charge in [-0.15, -0.1) is 0 Å². The highest BCUT2D eigenvalue weighted by atomic mass is 32.1. The van der Waals surface area contributed by atoms with E-state index in [1.165, 1.54) is 32.4 Å². The highest BCUT2D eigenvalue weighted by Gasteiger charge is 2.53. The first-order valence-corrected chi connectivity index (χ1v) is 11.4. The van der Waals surface area contributed by atoms with Gasteiger partial charge in [0.25, 0.3) is 10.5 Å². The fraction of sp³-hybridized carbons (Fsp3) is 0.458. The van der Waals surface area contributed by atoms with Crippen LogP contribution < -0.4 is 9.47 Å². The minimum absolute atomic E-state index is 0.0741. The number of methoxy groups -OCH3 is 2. The number of rotatable bonds is 6. The molecule has 2 heterocycles. The summed E-state index contributed by atoms with van der Waals surface area (Å²) in [6, 6.07) is 8.54. The largest absolute Gasteiger partial charge is 0.488 e. The Balaban J connectivity index is 1.99. The van der Waals surface area contributed by atoms with Gasteiger partial charge in [-0.2, -0.15) is 0 Å². The predicted molar refractivity (Wildman–Crippen MR) is 130 cm³/mol. The summed E-state index contributed by atoms with van der Waals surface area (Å²) in [5, 5.41) is 23.3. The van der Waals surface area contributed by atoms with E-state index in [1.807, 2.05) is 20.8 Å². The Morgan fingerprint density at radius 3 is 2.49 bits per heavy atom. The third-order valence-electron chi connectivity index (χ3n) is 5.92. The number of hydrogen-bond donors (Lipinski definition) is 1. The SMILES string of the molecule is COC(OC)[C@]1(C)Oc2ccc([N+](=O)[O-])cc2[C@H](n2c(=S)oc3ccc(OC(C)(C)C)cc32)[C@H]1O. The van der Waals surface area contributed by atoms with Crippen molar-refractivity contribution in [1.82, 2.24) is 4.57 Å². The summed E-state index contributed by atoms with van der Waals surface area (Å²) in [6.45, 7) is 7.43. The molecule has 0 bridgehead atoms. The van der Waals surface area contributed by atoms with E-state index in [1.54, 1.807) is 29.7 Å². The van der Waals surface area contributed by atoms with Crippen molar-refractivity contribution in [1.29, 1.82) is 0 Å². The molecule has 0 aliphatic carbocycles. The van der Waals surface area contributed by atoms with Gasteiger partial charge >= 0.3 is 0 Å². The quantitative estimate of drug-likeness (QED) is 0.219. The van der Waals surface area contributed by atoms with Crippen molar-refractivity contribution in [2.24, 2.45) is 0 Å². The molecule has 0 unspecified atom stereocenters. The van der Waals surface area contributed by atoms with Crippen LogP contribution in [0.25, 0.3) is 11.1 Å². The Kier molecular flexibility index (Phi) is 6.39. The number of nitrogens with zero attached hydrogens (tertiary/aromatic N) is 2. The van der Waals surface area contributed by atoms with E-state index in [4.69, 9.17) is 35.6 Å². The lowest BCUT2D eigenvalue weighted by Crippen LogP contribution is -2.60. The molecule has 0 spiro atoms. The average molecular weight is 505 g/mol. The number of ether oxygens (including phenoxy) is 4. The van der Waals surface area contributed by atoms with Crippen LogP contribution in [0.1, 0.15) is 39.3 Å². The Morgan fingerprint density at radius 1 is 1.20 bits per heavy atom. The zero-order valence-corrected chi connectivity index (χ0v) is 21.1. The van der Waals surface area contributed by atoms with E-state index in [0.29, 0.717) is 28.2 Å². The lowest BCUT2D eigenvalue weighted by molar-refractivity contribution is -0.385. The topological polar surface area (TPSA) is 118 Å². The molecule has 10 nitrogen and oxygen atoms in total. The zero-order chi connectivity index (χ0) is 25.7. The van der Waals surface area contributed by atoms with Gasteiger partial charge in [0, 0.05) is 38.0 Å². The van der Waals surface area contributed by atoms with Crippen LogP contribution in [-0.4, -0.2) is 52.4 Å². The third kappa shape index (κ3) is 4.40. The zero-order valence-electron chi connectivity index (χ0n) is 20.3. The van der Waals surface area contributed by atoms with Gasteiger partial charge in [0.05, 0.1) is 16.5 Å². The number of fused-ring (bicyclic) bond motifs is 2. The smallest absolute Gasteiger partial charge is 0.270 e. The van der Waals surface area contributed by atoms with Crippen molar-refractivity contribution < 1.29 is 33.4 Å². The van der Waals surface area contributed by atoms with Gasteiger partial charge < -0.3 is 28.5 Å². The van der Waals surface area contributed by atoms with Gasteiger partial charge in [-0.05, 0) is 58.1 Å². The molecule has 4 rings (SSSR count). The highest BCUT2D eigenvalue weighted by Crippen LogP contribution is 2.46. The van der Waals surface area contributed by atoms with Crippen molar-refractivity contribution in [2.75, 3.05) is 14.2 Å². The normalized spacial score (nSPS) is 22.2. The predicted octanol–water partition coefficient (Wildman–Crippen LogP) is 4.77. The van der Waals surface area contributed by atoms with E-state index in [0.717, 1.165) is 0 Å². The average Bonchev–Trinajstić information content (AvgIpc) is 3.09. The first kappa shape index (κ1) is 25.1. The lowest BCUT2D eigenvalue weighted by atomic mass is 9.84. The molecule has 1 aromatic heterocycles. The summed E-state index contributed by atoms with van der Waals surface area (Å²) in [4.78, 5) is 11.1. The maximum atomic E-state index is 11.7. The Bertz CT molecular complexity index is 1320. The molecule has 188 valence electrons. The van der Waals surface area contributed by atoms with Crippen molar-refractivity contribution in [3.8, 4) is 11.5 Å². The third-order valence-corrected chi connectivity index (χ3v) is 6.20. The molecule has 11 heteroatoms. The van der Waals surface area contributed by atoms with Crippen LogP contribution >= 0.6 is 12.2 Å². The highest BCUT2D eigenvalue weighted by molar-refractivity contribution is 7.71. The molecular weight excluding hydrogens is 476 g/mol. The summed E-state index contributed by atoms with van der Waals surface area (Å²) < 4.78 is 30.5. The first-order valence-electron chi connectivity index (χ1n) is 10.9. The van der Waals surface area contributed by atoms with Crippen molar-refractivity contribution in [3.05, 3.63) is 56.9 Å². The van der Waals surface area contributed by atoms with E-state index in [-0.39, 0.29) is 10.5 Å². The number of aliphatic hydroxyl groups is 1. The molecule has 2 aromatic carbocycles. The molecule has 1 N–H and O–H groups in total. The maximum Gasteiger partial charge on any atom is 0.270 e. The van der Waals surface area contributed by atoms with Gasteiger partial charge in [-0.25, -0.2) is 0 Å². The molecule has 1 aliphatic rings. The molecule has 0 saturated carbocycles. The molecule has 0 fully saturated rings. The van der Waals surface area contributed by atoms with Crippen LogP contribution in [0.3, 0.4) is 0 Å². The minimum atomic E-state index is -1.39. The van der Waals surface area contributed by atoms with Crippen LogP contribution in [0.5, 0.6) is 11.5 Å². The maximum absolute atomic E-state index is 11.7. The molecule has 0 amide bonds. The second kappa shape index (κ2) is 8.90. The Labute approximate surface area is 207 Å². The second-order valence-electron chi connectivity index (χ2n) is 9.54. The standard InChI is InChI=1S/C24H28N2O8S/c1-23(2,3)33-14-8-10-18-16(12-14)25(22(35)32-18)19-15-11-13(26(28)29)7-9-17(15)34-24(4,20(19)27)21(30-5)31-6/h7-12,19-21,27H,1-6H3/t19-,20+,24+/m0/s1. The Morgan fingerprint density at radius 2 is 1.89 bits per heavy atom. The molecule has 0 saturated heterocycles. The fourth-order valence-electron chi connectivity index (χ4n) is 4.48. The van der Waals surface area contributed by atoms with E-state index >= 15 is 0 Å². The first-order chi connectivity index (χ1) is 16.4. The summed E-state index contributed by atoms with van der Waals surface area (Å²) in [5.41, 5.74) is -0.606. The monoisotopic (exact) mass is 504 g/mol. The van der Waals surface area contributed by atoms with Gasteiger partial charge in [-0.1, -0.05) is 0 Å². The van der Waals surface area contributed by atoms with Gasteiger partial charge in [0.15, 0.2) is 17.5 Å². The number of non-ortho nitro benzene ring substituents is 1. The molecule has 0 radical (unpaired) electrons. The van der Waals surface area contributed by atoms with Crippen LogP contribution in [0.2, 0.25) is 0 Å².